The van der Waals surface area contributed by atoms with E-state index in [1.807, 2.05) is 17.4 Å². The summed E-state index contributed by atoms with van der Waals surface area (Å²) in [6.07, 6.45) is -0.503. The van der Waals surface area contributed by atoms with Gasteiger partial charge in [-0.1, -0.05) is 115 Å². The summed E-state index contributed by atoms with van der Waals surface area (Å²) in [6.45, 7) is 0. The van der Waals surface area contributed by atoms with Gasteiger partial charge in [0.1, 0.15) is 11.4 Å². The third-order valence-electron chi connectivity index (χ3n) is 12.7. The summed E-state index contributed by atoms with van der Waals surface area (Å²) >= 11 is 1.82. The van der Waals surface area contributed by atoms with Crippen molar-refractivity contribution in [2.24, 2.45) is 9.98 Å². The Morgan fingerprint density at radius 2 is 1.08 bits per heavy atom. The lowest BCUT2D eigenvalue weighted by Crippen LogP contribution is -2.36. The number of aliphatic imine (C=N–C) groups is 2. The van der Waals surface area contributed by atoms with Crippen molar-refractivity contribution in [2.45, 2.75) is 6.29 Å². The summed E-state index contributed by atoms with van der Waals surface area (Å²) in [5.41, 5.74) is 8.91. The number of para-hydroxylation sites is 4. The van der Waals surface area contributed by atoms with Crippen molar-refractivity contribution < 1.29 is 4.42 Å². The number of thiophene rings is 1. The van der Waals surface area contributed by atoms with Crippen molar-refractivity contribution >= 4 is 120 Å². The minimum absolute atomic E-state index is 0.503. The summed E-state index contributed by atoms with van der Waals surface area (Å²) in [6, 6.07) is 67.2. The van der Waals surface area contributed by atoms with Gasteiger partial charge in [-0.3, -0.25) is 0 Å². The van der Waals surface area contributed by atoms with Crippen molar-refractivity contribution in [1.82, 2.24) is 14.5 Å². The van der Waals surface area contributed by atoms with E-state index in [4.69, 9.17) is 14.4 Å². The van der Waals surface area contributed by atoms with Gasteiger partial charge in [0.2, 0.25) is 6.29 Å². The molecule has 7 heteroatoms. The van der Waals surface area contributed by atoms with E-state index in [0.717, 1.165) is 66.7 Å². The molecule has 4 aromatic heterocycles. The maximum atomic E-state index is 6.86. The van der Waals surface area contributed by atoms with Crippen LogP contribution in [0.3, 0.4) is 0 Å². The van der Waals surface area contributed by atoms with E-state index >= 15 is 0 Å². The molecule has 0 amide bonds. The third kappa shape index (κ3) is 4.85. The van der Waals surface area contributed by atoms with Gasteiger partial charge in [0.25, 0.3) is 0 Å². The van der Waals surface area contributed by atoms with E-state index in [1.54, 1.807) is 0 Å². The van der Waals surface area contributed by atoms with Crippen LogP contribution in [-0.2, 0) is 0 Å². The molecule has 13 aromatic rings. The van der Waals surface area contributed by atoms with Gasteiger partial charge in [-0.25, -0.2) is 9.98 Å². The number of rotatable bonds is 4. The van der Waals surface area contributed by atoms with E-state index < -0.39 is 6.29 Å². The van der Waals surface area contributed by atoms with Gasteiger partial charge < -0.3 is 18.9 Å². The highest BCUT2D eigenvalue weighted by molar-refractivity contribution is 7.25. The standard InChI is InChI=1S/C55H33N5OS/c1-2-14-33-30-47-41(27-32(33)13-1)38-17-5-8-20-44(38)59(47)48-31-35(29-43-39-18-6-11-23-49(39)61-52(43)48)54-56-53(34-25-26-51-42(28-34)40-19-7-12-24-50(40)62-51)57-55(58-54)60-45-21-9-3-15-36(45)37-16-4-10-22-46(37)60/h1-31,55H,(H,56,57,58). The zero-order chi connectivity index (χ0) is 40.5. The molecule has 1 aliphatic heterocycles. The second-order valence-electron chi connectivity index (χ2n) is 16.2. The van der Waals surface area contributed by atoms with Crippen LogP contribution in [0.15, 0.2) is 202 Å². The summed E-state index contributed by atoms with van der Waals surface area (Å²) in [5.74, 6) is 1.40. The highest BCUT2D eigenvalue weighted by atomic mass is 32.1. The summed E-state index contributed by atoms with van der Waals surface area (Å²) in [5, 5.41) is 15.5. The van der Waals surface area contributed by atoms with Crippen LogP contribution in [0.4, 0.5) is 0 Å². The van der Waals surface area contributed by atoms with Crippen LogP contribution in [0.2, 0.25) is 0 Å². The zero-order valence-electron chi connectivity index (χ0n) is 33.1. The number of nitrogens with one attached hydrogen (secondary N) is 1. The summed E-state index contributed by atoms with van der Waals surface area (Å²) in [4.78, 5) is 11.1. The first-order valence-corrected chi connectivity index (χ1v) is 21.7. The van der Waals surface area contributed by atoms with Gasteiger partial charge in [0.15, 0.2) is 11.4 Å². The Hall–Kier alpha value is -8.00. The topological polar surface area (TPSA) is 59.8 Å². The van der Waals surface area contributed by atoms with E-state index in [0.29, 0.717) is 5.84 Å². The van der Waals surface area contributed by atoms with Gasteiger partial charge in [0, 0.05) is 63.6 Å². The second-order valence-corrected chi connectivity index (χ2v) is 17.3. The minimum Gasteiger partial charge on any atom is -0.454 e. The largest absolute Gasteiger partial charge is 0.454 e. The average Bonchev–Trinajstić information content (AvgIpc) is 4.08. The third-order valence-corrected chi connectivity index (χ3v) is 13.9. The molecule has 0 saturated heterocycles. The molecule has 0 aliphatic carbocycles. The Morgan fingerprint density at radius 3 is 1.87 bits per heavy atom. The fraction of sp³-hybridized carbons (Fsp3) is 0.0182. The number of furan rings is 1. The van der Waals surface area contributed by atoms with Crippen LogP contribution in [0, 0.1) is 0 Å². The molecule has 62 heavy (non-hydrogen) atoms. The van der Waals surface area contributed by atoms with Crippen molar-refractivity contribution in [3.05, 3.63) is 199 Å². The molecule has 14 rings (SSSR count). The van der Waals surface area contributed by atoms with E-state index in [2.05, 4.69) is 196 Å². The Kier molecular flexibility index (Phi) is 6.95. The number of fused-ring (bicyclic) bond motifs is 13. The number of nitrogens with zero attached hydrogens (tertiary/aromatic N) is 4. The smallest absolute Gasteiger partial charge is 0.204 e. The quantitative estimate of drug-likeness (QED) is 0.192. The minimum atomic E-state index is -0.503. The highest BCUT2D eigenvalue weighted by Crippen LogP contribution is 2.41. The Morgan fingerprint density at radius 1 is 0.468 bits per heavy atom. The van der Waals surface area contributed by atoms with Crippen LogP contribution in [0.1, 0.15) is 17.4 Å². The predicted molar refractivity (Wildman–Crippen MR) is 260 cm³/mol. The molecule has 0 fully saturated rings. The normalized spacial score (nSPS) is 14.6. The molecule has 0 spiro atoms. The monoisotopic (exact) mass is 811 g/mol. The molecule has 1 atom stereocenters. The van der Waals surface area contributed by atoms with Gasteiger partial charge in [0.05, 0.1) is 27.8 Å². The summed E-state index contributed by atoms with van der Waals surface area (Å²) < 4.78 is 14.1. The van der Waals surface area contributed by atoms with Crippen molar-refractivity contribution in [1.29, 1.82) is 0 Å². The van der Waals surface area contributed by atoms with Crippen molar-refractivity contribution in [3.8, 4) is 5.69 Å². The summed E-state index contributed by atoms with van der Waals surface area (Å²) in [7, 11) is 0. The number of amidine groups is 2. The Bertz CT molecular complexity index is 4050. The van der Waals surface area contributed by atoms with E-state index in [9.17, 15) is 0 Å². The molecular weight excluding hydrogens is 779 g/mol. The molecule has 0 saturated carbocycles. The first-order valence-electron chi connectivity index (χ1n) is 20.9. The maximum Gasteiger partial charge on any atom is 0.204 e. The number of hydrogen-bond donors (Lipinski definition) is 1. The van der Waals surface area contributed by atoms with Gasteiger partial charge in [-0.2, -0.15) is 0 Å². The molecule has 290 valence electrons. The highest BCUT2D eigenvalue weighted by Gasteiger charge is 2.27. The van der Waals surface area contributed by atoms with Gasteiger partial charge in [-0.05, 0) is 83.6 Å². The fourth-order valence-corrected chi connectivity index (χ4v) is 11.0. The lowest BCUT2D eigenvalue weighted by molar-refractivity contribution is 0.516. The molecule has 9 aromatic carbocycles. The molecular formula is C55H33N5OS. The second kappa shape index (κ2) is 12.8. The van der Waals surface area contributed by atoms with Crippen LogP contribution >= 0.6 is 11.3 Å². The van der Waals surface area contributed by atoms with Crippen molar-refractivity contribution in [2.75, 3.05) is 0 Å². The lowest BCUT2D eigenvalue weighted by Gasteiger charge is -2.26. The van der Waals surface area contributed by atoms with E-state index in [-0.39, 0.29) is 0 Å². The van der Waals surface area contributed by atoms with E-state index in [1.165, 1.54) is 52.5 Å². The number of aromatic nitrogens is 2. The van der Waals surface area contributed by atoms with Crippen LogP contribution in [-0.4, -0.2) is 20.8 Å². The predicted octanol–water partition coefficient (Wildman–Crippen LogP) is 14.3. The molecule has 1 aliphatic rings. The molecule has 0 radical (unpaired) electrons. The first-order chi connectivity index (χ1) is 30.7. The Balaban J connectivity index is 1.07. The Labute approximate surface area is 357 Å². The molecule has 6 nitrogen and oxygen atoms in total. The molecule has 0 bridgehead atoms. The number of hydrogen-bond acceptors (Lipinski definition) is 5. The fourth-order valence-electron chi connectivity index (χ4n) is 9.96. The molecule has 1 unspecified atom stereocenters. The average molecular weight is 812 g/mol. The SMILES string of the molecule is c1ccc2cc3c(cc2c1)c1ccccc1n3-c1cc(C2=NC(n3c4ccccc4c4ccccc43)NC(c3ccc4sc5ccccc5c4c3)=N2)cc2c1oc1ccccc12. The van der Waals surface area contributed by atoms with Gasteiger partial charge >= 0.3 is 0 Å². The first kappa shape index (κ1) is 33.8. The molecule has 5 heterocycles. The van der Waals surface area contributed by atoms with Crippen LogP contribution < -0.4 is 5.32 Å². The van der Waals surface area contributed by atoms with Crippen molar-refractivity contribution in [3.63, 3.8) is 0 Å². The molecule has 1 N–H and O–H groups in total. The lowest BCUT2D eigenvalue weighted by atomic mass is 10.1. The zero-order valence-corrected chi connectivity index (χ0v) is 33.9. The van der Waals surface area contributed by atoms with Gasteiger partial charge in [-0.15, -0.1) is 11.3 Å². The van der Waals surface area contributed by atoms with Crippen LogP contribution in [0.25, 0.3) is 102 Å². The number of benzene rings is 9. The van der Waals surface area contributed by atoms with Crippen LogP contribution in [0.5, 0.6) is 0 Å². The maximum absolute atomic E-state index is 6.86.